The van der Waals surface area contributed by atoms with Gasteiger partial charge in [0.15, 0.2) is 0 Å². The van der Waals surface area contributed by atoms with E-state index >= 15 is 0 Å². The Hall–Kier alpha value is -3.40. The molecule has 0 saturated carbocycles. The molecule has 0 aliphatic carbocycles. The molecule has 0 atom stereocenters. The number of carbonyl (C=O) groups is 3. The highest BCUT2D eigenvalue weighted by molar-refractivity contribution is 7.21. The van der Waals surface area contributed by atoms with E-state index in [0.717, 1.165) is 23.5 Å². The van der Waals surface area contributed by atoms with Crippen molar-refractivity contribution in [1.29, 1.82) is 0 Å². The van der Waals surface area contributed by atoms with Crippen molar-refractivity contribution in [3.63, 3.8) is 0 Å². The number of carbonyl (C=O) groups excluding carboxylic acids is 3. The van der Waals surface area contributed by atoms with Crippen molar-refractivity contribution in [2.45, 2.75) is 13.5 Å². The molecule has 0 fully saturated rings. The Bertz CT molecular complexity index is 1160. The van der Waals surface area contributed by atoms with Crippen molar-refractivity contribution >= 4 is 39.3 Å². The number of esters is 2. The second-order valence-electron chi connectivity index (χ2n) is 6.21. The normalized spacial score (nSPS) is 10.7. The van der Waals surface area contributed by atoms with Crippen LogP contribution >= 0.6 is 11.3 Å². The van der Waals surface area contributed by atoms with E-state index in [9.17, 15) is 27.6 Å². The molecule has 0 aliphatic rings. The molecular formula is C21H16F3NO5S. The molecule has 0 aliphatic heterocycles. The second kappa shape index (κ2) is 9.61. The number of amides is 1. The van der Waals surface area contributed by atoms with Crippen molar-refractivity contribution in [2.75, 3.05) is 13.2 Å². The number of hydrogen-bond donors (Lipinski definition) is 1. The van der Waals surface area contributed by atoms with Crippen molar-refractivity contribution < 1.29 is 37.0 Å². The number of rotatable bonds is 7. The van der Waals surface area contributed by atoms with E-state index in [-0.39, 0.29) is 22.4 Å². The third-order valence-corrected chi connectivity index (χ3v) is 5.35. The van der Waals surface area contributed by atoms with Gasteiger partial charge < -0.3 is 14.8 Å². The summed E-state index contributed by atoms with van der Waals surface area (Å²) in [6.07, 6.45) is 0. The molecule has 1 N–H and O–H groups in total. The van der Waals surface area contributed by atoms with Gasteiger partial charge in [-0.2, -0.15) is 0 Å². The molecule has 1 aromatic heterocycles. The average Bonchev–Trinajstić information content (AvgIpc) is 3.10. The van der Waals surface area contributed by atoms with Crippen molar-refractivity contribution in [3.8, 4) is 0 Å². The average molecular weight is 451 g/mol. The van der Waals surface area contributed by atoms with E-state index in [0.29, 0.717) is 10.8 Å². The van der Waals surface area contributed by atoms with Crippen molar-refractivity contribution in [2.24, 2.45) is 0 Å². The fourth-order valence-corrected chi connectivity index (χ4v) is 3.91. The SMILES string of the molecule is CCOC(=O)c1sc2cccc(F)c2c1COC(=O)CNC(=O)c1ccc(F)cc1F. The van der Waals surface area contributed by atoms with Crippen LogP contribution in [-0.2, 0) is 20.9 Å². The van der Waals surface area contributed by atoms with Gasteiger partial charge in [-0.25, -0.2) is 18.0 Å². The van der Waals surface area contributed by atoms with Crippen LogP contribution < -0.4 is 5.32 Å². The predicted octanol–water partition coefficient (Wildman–Crippen LogP) is 3.97. The standard InChI is InChI=1S/C21H16F3NO5S/c1-2-29-21(28)19-13(18-14(23)4-3-5-16(18)31-19)10-30-17(26)9-25-20(27)12-7-6-11(22)8-15(12)24/h3-8H,2,9-10H2,1H3,(H,25,27). The summed E-state index contributed by atoms with van der Waals surface area (Å²) in [7, 11) is 0. The van der Waals surface area contributed by atoms with Crippen LogP contribution in [0.5, 0.6) is 0 Å². The Morgan fingerprint density at radius 1 is 1.03 bits per heavy atom. The fraction of sp³-hybridized carbons (Fsp3) is 0.190. The van der Waals surface area contributed by atoms with Gasteiger partial charge in [-0.1, -0.05) is 6.07 Å². The third-order valence-electron chi connectivity index (χ3n) is 4.17. The van der Waals surface area contributed by atoms with Gasteiger partial charge in [0.05, 0.1) is 12.2 Å². The summed E-state index contributed by atoms with van der Waals surface area (Å²) in [6.45, 7) is 0.683. The summed E-state index contributed by atoms with van der Waals surface area (Å²) in [5, 5.41) is 2.30. The molecule has 31 heavy (non-hydrogen) atoms. The molecule has 2 aromatic carbocycles. The number of fused-ring (bicyclic) bond motifs is 1. The minimum atomic E-state index is -1.08. The third kappa shape index (κ3) is 5.02. The first-order valence-corrected chi connectivity index (χ1v) is 9.89. The molecule has 10 heteroatoms. The summed E-state index contributed by atoms with van der Waals surface area (Å²) in [5.74, 6) is -5.02. The van der Waals surface area contributed by atoms with Crippen LogP contribution in [0, 0.1) is 17.5 Å². The Morgan fingerprint density at radius 2 is 1.81 bits per heavy atom. The van der Waals surface area contributed by atoms with Crippen LogP contribution in [0.1, 0.15) is 32.5 Å². The maximum absolute atomic E-state index is 14.3. The summed E-state index contributed by atoms with van der Waals surface area (Å²) in [6, 6.07) is 6.71. The second-order valence-corrected chi connectivity index (χ2v) is 7.26. The number of nitrogens with one attached hydrogen (secondary N) is 1. The zero-order valence-corrected chi connectivity index (χ0v) is 17.0. The maximum Gasteiger partial charge on any atom is 0.348 e. The van der Waals surface area contributed by atoms with Crippen LogP contribution in [0.15, 0.2) is 36.4 Å². The number of benzene rings is 2. The van der Waals surface area contributed by atoms with E-state index < -0.39 is 54.0 Å². The molecule has 0 bridgehead atoms. The van der Waals surface area contributed by atoms with Gasteiger partial charge in [-0.3, -0.25) is 9.59 Å². The predicted molar refractivity (Wildman–Crippen MR) is 106 cm³/mol. The smallest absolute Gasteiger partial charge is 0.348 e. The lowest BCUT2D eigenvalue weighted by molar-refractivity contribution is -0.143. The van der Waals surface area contributed by atoms with E-state index in [1.807, 2.05) is 0 Å². The van der Waals surface area contributed by atoms with Crippen LogP contribution in [0.25, 0.3) is 10.1 Å². The molecule has 1 heterocycles. The molecule has 3 rings (SSSR count). The molecular weight excluding hydrogens is 435 g/mol. The maximum atomic E-state index is 14.3. The number of ether oxygens (including phenoxy) is 2. The first-order valence-electron chi connectivity index (χ1n) is 9.07. The molecule has 0 spiro atoms. The quantitative estimate of drug-likeness (QED) is 0.550. The lowest BCUT2D eigenvalue weighted by Crippen LogP contribution is -2.31. The zero-order valence-electron chi connectivity index (χ0n) is 16.2. The van der Waals surface area contributed by atoms with Crippen molar-refractivity contribution in [3.05, 3.63) is 69.9 Å². The summed E-state index contributed by atoms with van der Waals surface area (Å²) < 4.78 is 51.4. The van der Waals surface area contributed by atoms with E-state index in [4.69, 9.17) is 9.47 Å². The Labute approximate surface area is 178 Å². The van der Waals surface area contributed by atoms with E-state index in [1.165, 1.54) is 12.1 Å². The van der Waals surface area contributed by atoms with E-state index in [1.54, 1.807) is 13.0 Å². The molecule has 6 nitrogen and oxygen atoms in total. The van der Waals surface area contributed by atoms with Gasteiger partial charge >= 0.3 is 11.9 Å². The molecule has 0 saturated heterocycles. The van der Waals surface area contributed by atoms with Crippen LogP contribution in [-0.4, -0.2) is 31.0 Å². The highest BCUT2D eigenvalue weighted by Crippen LogP contribution is 2.34. The highest BCUT2D eigenvalue weighted by atomic mass is 32.1. The fourth-order valence-electron chi connectivity index (χ4n) is 2.79. The largest absolute Gasteiger partial charge is 0.462 e. The number of halogens is 3. The Balaban J connectivity index is 1.70. The first-order chi connectivity index (χ1) is 14.8. The van der Waals surface area contributed by atoms with Crippen LogP contribution in [0.2, 0.25) is 0 Å². The summed E-state index contributed by atoms with van der Waals surface area (Å²) in [4.78, 5) is 36.3. The van der Waals surface area contributed by atoms with Crippen molar-refractivity contribution in [1.82, 2.24) is 5.32 Å². The van der Waals surface area contributed by atoms with Crippen LogP contribution in [0.4, 0.5) is 13.2 Å². The molecule has 162 valence electrons. The van der Waals surface area contributed by atoms with Gasteiger partial charge in [0.1, 0.15) is 35.5 Å². The monoisotopic (exact) mass is 451 g/mol. The van der Waals surface area contributed by atoms with Gasteiger partial charge in [0, 0.05) is 21.7 Å². The Morgan fingerprint density at radius 3 is 2.52 bits per heavy atom. The minimum absolute atomic E-state index is 0.104. The molecule has 1 amide bonds. The lowest BCUT2D eigenvalue weighted by Gasteiger charge is -2.09. The lowest BCUT2D eigenvalue weighted by atomic mass is 10.1. The van der Waals surface area contributed by atoms with Gasteiger partial charge in [-0.15, -0.1) is 11.3 Å². The summed E-state index contributed by atoms with van der Waals surface area (Å²) >= 11 is 1.01. The minimum Gasteiger partial charge on any atom is -0.462 e. The Kier molecular flexibility index (Phi) is 6.91. The highest BCUT2D eigenvalue weighted by Gasteiger charge is 2.23. The summed E-state index contributed by atoms with van der Waals surface area (Å²) in [5.41, 5.74) is -0.287. The number of thiophene rings is 1. The van der Waals surface area contributed by atoms with Gasteiger partial charge in [-0.05, 0) is 31.2 Å². The molecule has 0 radical (unpaired) electrons. The van der Waals surface area contributed by atoms with Gasteiger partial charge in [0.2, 0.25) is 0 Å². The molecule has 3 aromatic rings. The number of hydrogen-bond acceptors (Lipinski definition) is 6. The topological polar surface area (TPSA) is 81.7 Å². The van der Waals surface area contributed by atoms with Gasteiger partial charge in [0.25, 0.3) is 5.91 Å². The zero-order chi connectivity index (χ0) is 22.5. The molecule has 0 unspecified atom stereocenters. The van der Waals surface area contributed by atoms with Crippen LogP contribution in [0.3, 0.4) is 0 Å². The van der Waals surface area contributed by atoms with E-state index in [2.05, 4.69) is 5.32 Å². The first kappa shape index (κ1) is 22.3.